The number of carbonyl (C=O) groups is 1. The number of rotatable bonds is 6. The van der Waals surface area contributed by atoms with E-state index in [-0.39, 0.29) is 29.6 Å². The van der Waals surface area contributed by atoms with E-state index in [0.29, 0.717) is 4.57 Å². The van der Waals surface area contributed by atoms with Crippen molar-refractivity contribution < 1.29 is 34.1 Å². The zero-order valence-electron chi connectivity index (χ0n) is 11.4. The second-order valence-electron chi connectivity index (χ2n) is 3.94. The summed E-state index contributed by atoms with van der Waals surface area (Å²) in [5.41, 5.74) is -1.87. The Labute approximate surface area is 145 Å². The molecule has 0 bridgehead atoms. The van der Waals surface area contributed by atoms with Gasteiger partial charge in [-0.15, -0.1) is 0 Å². The van der Waals surface area contributed by atoms with Gasteiger partial charge >= 0.3 is 13.3 Å². The van der Waals surface area contributed by atoms with Gasteiger partial charge in [-0.05, 0) is 0 Å². The zero-order valence-corrected chi connectivity index (χ0v) is 14.3. The number of aliphatic hydroxyl groups excluding tert-OH is 2. The molecule has 1 aromatic heterocycles. The number of ether oxygens (including phenoxy) is 1. The second-order valence-corrected chi connectivity index (χ2v) is 5.53. The normalized spacial score (nSPS) is 14.0. The Morgan fingerprint density at radius 3 is 2.45 bits per heavy atom. The summed E-state index contributed by atoms with van der Waals surface area (Å²) in [6.45, 7) is -0.926. The van der Waals surface area contributed by atoms with Crippen molar-refractivity contribution >= 4 is 43.1 Å². The average molecular weight is 347 g/mol. The van der Waals surface area contributed by atoms with Crippen molar-refractivity contribution in [1.82, 2.24) is 9.55 Å². The molecule has 13 heteroatoms. The Balaban J connectivity index is 0.00000441. The number of H-pyrrole nitrogens is 1. The van der Waals surface area contributed by atoms with Gasteiger partial charge in [-0.1, -0.05) is 0 Å². The zero-order chi connectivity index (χ0) is 16.2. The maximum Gasteiger partial charge on any atom is 0.350 e. The maximum atomic E-state index is 11.8. The fraction of sp³-hybridized carbons (Fsp3) is 0.444. The third-order valence-corrected chi connectivity index (χ3v) is 2.79. The Morgan fingerprint density at radius 1 is 1.41 bits per heavy atom. The van der Waals surface area contributed by atoms with E-state index in [2.05, 4.69) is 4.74 Å². The van der Waals surface area contributed by atoms with Crippen LogP contribution < -0.4 is 11.2 Å². The molecule has 1 heterocycles. The predicted molar refractivity (Wildman–Crippen MR) is 72.6 cm³/mol. The number of hydrogen-bond acceptors (Lipinski definition) is 7. The van der Waals surface area contributed by atoms with Gasteiger partial charge in [0.15, 0.2) is 6.10 Å². The minimum Gasteiger partial charge on any atom is -0.394 e. The fourth-order valence-electron chi connectivity index (χ4n) is 1.33. The molecule has 1 radical (unpaired) electrons. The van der Waals surface area contributed by atoms with Crippen LogP contribution in [0.2, 0.25) is 0 Å². The fourth-order valence-corrected chi connectivity index (χ4v) is 1.71. The first-order valence-corrected chi connectivity index (χ1v) is 7.27. The summed E-state index contributed by atoms with van der Waals surface area (Å²) in [5.74, 6) is -1.24. The van der Waals surface area contributed by atoms with Crippen LogP contribution in [0.4, 0.5) is 0 Å². The Bertz CT molecular complexity index is 666. The van der Waals surface area contributed by atoms with Crippen LogP contribution in [0.25, 0.3) is 0 Å². The van der Waals surface area contributed by atoms with E-state index in [4.69, 9.17) is 14.9 Å². The summed E-state index contributed by atoms with van der Waals surface area (Å²) in [5, 5.41) is 18.6. The summed E-state index contributed by atoms with van der Waals surface area (Å²) in [6.07, 6.45) is -4.03. The quantitative estimate of drug-likeness (QED) is 0.260. The number of carbonyl (C=O) groups excluding carboxylic acids is 1. The van der Waals surface area contributed by atoms with Gasteiger partial charge < -0.3 is 24.7 Å². The van der Waals surface area contributed by atoms with Crippen molar-refractivity contribution in [3.05, 3.63) is 33.1 Å². The van der Waals surface area contributed by atoms with Gasteiger partial charge in [-0.2, -0.15) is 0 Å². The SMILES string of the molecule is O=C([C@H](O)[C@H](CO)OCP(=O)(O)O)n1ccc(=O)[nH]c1=O.[Na]. The van der Waals surface area contributed by atoms with Crippen LogP contribution in [0.15, 0.2) is 21.9 Å². The van der Waals surface area contributed by atoms with Crippen LogP contribution >= 0.6 is 7.60 Å². The topological polar surface area (TPSA) is 179 Å². The molecule has 0 spiro atoms. The number of nitrogens with zero attached hydrogens (tertiary/aromatic N) is 1. The molecule has 11 nitrogen and oxygen atoms in total. The summed E-state index contributed by atoms with van der Waals surface area (Å²) in [6, 6.07) is 0.858. The first-order valence-electron chi connectivity index (χ1n) is 5.47. The van der Waals surface area contributed by atoms with Crippen molar-refractivity contribution in [1.29, 1.82) is 0 Å². The van der Waals surface area contributed by atoms with Gasteiger partial charge in [0.05, 0.1) is 6.61 Å². The minimum absolute atomic E-state index is 0. The van der Waals surface area contributed by atoms with Crippen molar-refractivity contribution in [2.45, 2.75) is 12.2 Å². The maximum absolute atomic E-state index is 11.8. The van der Waals surface area contributed by atoms with E-state index in [1.807, 2.05) is 0 Å². The van der Waals surface area contributed by atoms with E-state index < -0.39 is 49.9 Å². The molecule has 0 saturated heterocycles. The van der Waals surface area contributed by atoms with Crippen LogP contribution in [0.1, 0.15) is 4.79 Å². The molecule has 1 aromatic rings. The predicted octanol–water partition coefficient (Wildman–Crippen LogP) is -3.33. The molecule has 119 valence electrons. The van der Waals surface area contributed by atoms with Crippen LogP contribution in [0.5, 0.6) is 0 Å². The largest absolute Gasteiger partial charge is 0.394 e. The van der Waals surface area contributed by atoms with E-state index >= 15 is 0 Å². The first kappa shape index (κ1) is 21.4. The summed E-state index contributed by atoms with van der Waals surface area (Å²) in [4.78, 5) is 53.0. The molecule has 22 heavy (non-hydrogen) atoms. The van der Waals surface area contributed by atoms with Gasteiger partial charge in [0.25, 0.3) is 11.5 Å². The number of aromatic nitrogens is 2. The third kappa shape index (κ3) is 6.24. The molecule has 1 rings (SSSR count). The molecule has 0 aromatic carbocycles. The summed E-state index contributed by atoms with van der Waals surface area (Å²) in [7, 11) is -4.56. The van der Waals surface area contributed by atoms with E-state index in [9.17, 15) is 24.1 Å². The van der Waals surface area contributed by atoms with Gasteiger partial charge in [0, 0.05) is 41.8 Å². The van der Waals surface area contributed by atoms with Crippen molar-refractivity contribution in [3.63, 3.8) is 0 Å². The molecule has 0 amide bonds. The van der Waals surface area contributed by atoms with Gasteiger partial charge in [-0.3, -0.25) is 19.1 Å². The third-order valence-electron chi connectivity index (χ3n) is 2.30. The van der Waals surface area contributed by atoms with Crippen LogP contribution in [0, 0.1) is 0 Å². The van der Waals surface area contributed by atoms with Crippen LogP contribution in [-0.2, 0) is 9.30 Å². The molecule has 2 atom stereocenters. The van der Waals surface area contributed by atoms with Gasteiger partial charge in [0.2, 0.25) is 0 Å². The van der Waals surface area contributed by atoms with Crippen molar-refractivity contribution in [2.24, 2.45) is 0 Å². The Kier molecular flexibility index (Phi) is 8.62. The molecule has 0 aliphatic heterocycles. The molecular formula is C9H13N2NaO9P. The molecule has 0 aliphatic carbocycles. The number of aromatic amines is 1. The average Bonchev–Trinajstić information content (AvgIpc) is 2.37. The molecular weight excluding hydrogens is 334 g/mol. The molecule has 0 aliphatic rings. The van der Waals surface area contributed by atoms with Crippen molar-refractivity contribution in [2.75, 3.05) is 13.0 Å². The standard InChI is InChI=1S/C9H13N2O9P.Na/c12-3-5(20-4-21(17,18)19)7(14)8(15)11-2-1-6(13)10-9(11)16;/h1-2,5,7,12,14H,3-4H2,(H,10,13,16)(H2,17,18,19);/t5-,7+;/m0./s1. The van der Waals surface area contributed by atoms with Gasteiger partial charge in [-0.25, -0.2) is 9.36 Å². The van der Waals surface area contributed by atoms with Crippen LogP contribution in [-0.4, -0.2) is 90.2 Å². The molecule has 0 saturated carbocycles. The summed E-state index contributed by atoms with van der Waals surface area (Å²) < 4.78 is 15.6. The minimum atomic E-state index is -4.56. The molecule has 0 fully saturated rings. The smallest absolute Gasteiger partial charge is 0.350 e. The monoisotopic (exact) mass is 347 g/mol. The number of aliphatic hydroxyl groups is 2. The molecule has 0 unspecified atom stereocenters. The van der Waals surface area contributed by atoms with Gasteiger partial charge in [0.1, 0.15) is 12.5 Å². The Morgan fingerprint density at radius 2 is 2.00 bits per heavy atom. The van der Waals surface area contributed by atoms with E-state index in [0.717, 1.165) is 12.3 Å². The van der Waals surface area contributed by atoms with Crippen LogP contribution in [0.3, 0.4) is 0 Å². The molecule has 5 N–H and O–H groups in total. The van der Waals surface area contributed by atoms with Crippen molar-refractivity contribution in [3.8, 4) is 0 Å². The number of hydrogen-bond donors (Lipinski definition) is 5. The summed E-state index contributed by atoms with van der Waals surface area (Å²) >= 11 is 0. The Hall–Kier alpha value is -0.620. The van der Waals surface area contributed by atoms with E-state index in [1.165, 1.54) is 0 Å². The number of nitrogens with one attached hydrogen (secondary N) is 1. The second kappa shape index (κ2) is 8.87. The van der Waals surface area contributed by atoms with E-state index in [1.54, 1.807) is 4.98 Å². The first-order chi connectivity index (χ1) is 9.65.